The van der Waals surface area contributed by atoms with E-state index in [2.05, 4.69) is 73.5 Å². The molecular formula is C17H26N2. The van der Waals surface area contributed by atoms with Gasteiger partial charge < -0.3 is 5.32 Å². The van der Waals surface area contributed by atoms with Gasteiger partial charge in [-0.15, -0.1) is 0 Å². The fraction of sp³-hybridized carbons (Fsp3) is 0.529. The molecule has 1 aliphatic rings. The predicted molar refractivity (Wildman–Crippen MR) is 82.2 cm³/mol. The highest BCUT2D eigenvalue weighted by Gasteiger charge is 2.29. The van der Waals surface area contributed by atoms with Crippen molar-refractivity contribution in [3.05, 3.63) is 48.0 Å². The zero-order valence-corrected chi connectivity index (χ0v) is 12.3. The number of nitrogens with zero attached hydrogens (tertiary/aromatic N) is 1. The Morgan fingerprint density at radius 1 is 1.32 bits per heavy atom. The molecule has 1 heterocycles. The minimum Gasteiger partial charge on any atom is -0.311 e. The summed E-state index contributed by atoms with van der Waals surface area (Å²) < 4.78 is 0. The van der Waals surface area contributed by atoms with Crippen LogP contribution in [0.15, 0.2) is 42.5 Å². The fourth-order valence-electron chi connectivity index (χ4n) is 2.73. The molecule has 2 atom stereocenters. The third-order valence-corrected chi connectivity index (χ3v) is 4.01. The number of hydrogen-bond acceptors (Lipinski definition) is 2. The normalized spacial score (nSPS) is 25.3. The molecule has 0 spiro atoms. The molecule has 2 unspecified atom stereocenters. The molecule has 2 nitrogen and oxygen atoms in total. The lowest BCUT2D eigenvalue weighted by molar-refractivity contribution is 0.126. The summed E-state index contributed by atoms with van der Waals surface area (Å²) in [5, 5.41) is 3.71. The van der Waals surface area contributed by atoms with Gasteiger partial charge in [-0.1, -0.05) is 56.3 Å². The number of benzene rings is 1. The summed E-state index contributed by atoms with van der Waals surface area (Å²) in [6.07, 6.45) is 4.41. The number of allylic oxidation sites excluding steroid dienone is 1. The van der Waals surface area contributed by atoms with Crippen LogP contribution in [0.1, 0.15) is 32.4 Å². The molecule has 1 fully saturated rings. The number of hydrogen-bond donors (Lipinski definition) is 1. The number of rotatable bonds is 4. The molecule has 0 aliphatic carbocycles. The Kier molecular flexibility index (Phi) is 5.17. The second kappa shape index (κ2) is 6.88. The highest BCUT2D eigenvalue weighted by molar-refractivity contribution is 5.20. The Bertz CT molecular complexity index is 397. The first-order chi connectivity index (χ1) is 9.22. The maximum atomic E-state index is 3.71. The predicted octanol–water partition coefficient (Wildman–Crippen LogP) is 3.23. The quantitative estimate of drug-likeness (QED) is 0.834. The van der Waals surface area contributed by atoms with Crippen LogP contribution in [0, 0.1) is 5.92 Å². The van der Waals surface area contributed by atoms with E-state index in [1.54, 1.807) is 0 Å². The molecular weight excluding hydrogens is 232 g/mol. The lowest BCUT2D eigenvalue weighted by Crippen LogP contribution is -2.54. The van der Waals surface area contributed by atoms with Crippen molar-refractivity contribution in [3.63, 3.8) is 0 Å². The van der Waals surface area contributed by atoms with Crippen LogP contribution in [0.2, 0.25) is 0 Å². The van der Waals surface area contributed by atoms with Crippen LogP contribution >= 0.6 is 0 Å². The fourth-order valence-corrected chi connectivity index (χ4v) is 2.73. The Morgan fingerprint density at radius 2 is 2.05 bits per heavy atom. The van der Waals surface area contributed by atoms with E-state index in [4.69, 9.17) is 0 Å². The van der Waals surface area contributed by atoms with E-state index in [0.29, 0.717) is 18.0 Å². The van der Waals surface area contributed by atoms with E-state index < -0.39 is 0 Å². The van der Waals surface area contributed by atoms with Crippen LogP contribution in [0.4, 0.5) is 0 Å². The van der Waals surface area contributed by atoms with Gasteiger partial charge in [-0.25, -0.2) is 0 Å². The average Bonchev–Trinajstić information content (AvgIpc) is 2.45. The van der Waals surface area contributed by atoms with Gasteiger partial charge in [0.2, 0.25) is 0 Å². The maximum Gasteiger partial charge on any atom is 0.0476 e. The number of piperazine rings is 1. The van der Waals surface area contributed by atoms with Gasteiger partial charge in [0.15, 0.2) is 0 Å². The molecule has 1 saturated heterocycles. The standard InChI is InChI=1S/C17H26N2/c1-4-5-11-19-13-16(14(2)3)18-12-17(19)15-9-7-6-8-10-15/h4-10,14,16-18H,11-13H2,1-3H3/b5-4+. The van der Waals surface area contributed by atoms with E-state index in [1.807, 2.05) is 0 Å². The molecule has 2 heteroatoms. The van der Waals surface area contributed by atoms with Crippen molar-refractivity contribution in [1.82, 2.24) is 10.2 Å². The molecule has 2 rings (SSSR count). The van der Waals surface area contributed by atoms with Crippen LogP contribution in [-0.4, -0.2) is 30.6 Å². The molecule has 0 radical (unpaired) electrons. The van der Waals surface area contributed by atoms with E-state index in [1.165, 1.54) is 5.56 Å². The van der Waals surface area contributed by atoms with Crippen molar-refractivity contribution in [2.45, 2.75) is 32.9 Å². The van der Waals surface area contributed by atoms with Crippen molar-refractivity contribution in [1.29, 1.82) is 0 Å². The van der Waals surface area contributed by atoms with Crippen LogP contribution in [-0.2, 0) is 0 Å². The first-order valence-electron chi connectivity index (χ1n) is 7.36. The summed E-state index contributed by atoms with van der Waals surface area (Å²) in [7, 11) is 0. The first-order valence-corrected chi connectivity index (χ1v) is 7.36. The minimum atomic E-state index is 0.493. The molecule has 0 saturated carbocycles. The second-order valence-corrected chi connectivity index (χ2v) is 5.71. The van der Waals surface area contributed by atoms with Gasteiger partial charge in [0, 0.05) is 31.7 Å². The molecule has 104 valence electrons. The van der Waals surface area contributed by atoms with Crippen LogP contribution in [0.5, 0.6) is 0 Å². The Hall–Kier alpha value is -1.12. The summed E-state index contributed by atoms with van der Waals surface area (Å²) in [5.74, 6) is 0.685. The highest BCUT2D eigenvalue weighted by Crippen LogP contribution is 2.25. The first kappa shape index (κ1) is 14.3. The summed E-state index contributed by atoms with van der Waals surface area (Å²) in [6.45, 7) is 9.91. The van der Waals surface area contributed by atoms with Crippen molar-refractivity contribution in [2.24, 2.45) is 5.92 Å². The molecule has 0 aromatic heterocycles. The van der Waals surface area contributed by atoms with Crippen LogP contribution in [0.25, 0.3) is 0 Å². The SMILES string of the molecule is C/C=C/CN1CC(C(C)C)NCC1c1ccccc1. The van der Waals surface area contributed by atoms with Gasteiger partial charge in [0.1, 0.15) is 0 Å². The Labute approximate surface area is 117 Å². The molecule has 0 bridgehead atoms. The summed E-state index contributed by atoms with van der Waals surface area (Å²) in [4.78, 5) is 2.59. The Morgan fingerprint density at radius 3 is 2.68 bits per heavy atom. The smallest absolute Gasteiger partial charge is 0.0476 e. The van der Waals surface area contributed by atoms with Gasteiger partial charge in [0.25, 0.3) is 0 Å². The molecule has 1 aromatic carbocycles. The van der Waals surface area contributed by atoms with E-state index in [0.717, 1.165) is 19.6 Å². The topological polar surface area (TPSA) is 15.3 Å². The van der Waals surface area contributed by atoms with Crippen LogP contribution < -0.4 is 5.32 Å². The summed E-state index contributed by atoms with van der Waals surface area (Å²) in [6, 6.07) is 11.9. The van der Waals surface area contributed by atoms with Crippen molar-refractivity contribution < 1.29 is 0 Å². The summed E-state index contributed by atoms with van der Waals surface area (Å²) in [5.41, 5.74) is 1.42. The average molecular weight is 258 g/mol. The monoisotopic (exact) mass is 258 g/mol. The van der Waals surface area contributed by atoms with Gasteiger partial charge >= 0.3 is 0 Å². The molecule has 19 heavy (non-hydrogen) atoms. The largest absolute Gasteiger partial charge is 0.311 e. The zero-order chi connectivity index (χ0) is 13.7. The van der Waals surface area contributed by atoms with Gasteiger partial charge in [-0.2, -0.15) is 0 Å². The molecule has 1 aliphatic heterocycles. The van der Waals surface area contributed by atoms with E-state index in [-0.39, 0.29) is 0 Å². The third kappa shape index (κ3) is 3.68. The van der Waals surface area contributed by atoms with Gasteiger partial charge in [-0.05, 0) is 18.4 Å². The number of nitrogens with one attached hydrogen (secondary N) is 1. The van der Waals surface area contributed by atoms with E-state index >= 15 is 0 Å². The van der Waals surface area contributed by atoms with E-state index in [9.17, 15) is 0 Å². The van der Waals surface area contributed by atoms with Crippen LogP contribution in [0.3, 0.4) is 0 Å². The highest BCUT2D eigenvalue weighted by atomic mass is 15.2. The third-order valence-electron chi connectivity index (χ3n) is 4.01. The lowest BCUT2D eigenvalue weighted by atomic mass is 9.96. The van der Waals surface area contributed by atoms with Crippen molar-refractivity contribution in [2.75, 3.05) is 19.6 Å². The minimum absolute atomic E-state index is 0.493. The van der Waals surface area contributed by atoms with Gasteiger partial charge in [-0.3, -0.25) is 4.90 Å². The second-order valence-electron chi connectivity index (χ2n) is 5.71. The molecule has 1 aromatic rings. The molecule has 1 N–H and O–H groups in total. The van der Waals surface area contributed by atoms with Crippen molar-refractivity contribution >= 4 is 0 Å². The zero-order valence-electron chi connectivity index (χ0n) is 12.3. The maximum absolute atomic E-state index is 3.71. The van der Waals surface area contributed by atoms with Gasteiger partial charge in [0.05, 0.1) is 0 Å². The van der Waals surface area contributed by atoms with Crippen molar-refractivity contribution in [3.8, 4) is 0 Å². The molecule has 0 amide bonds. The Balaban J connectivity index is 2.13. The summed E-state index contributed by atoms with van der Waals surface area (Å²) >= 11 is 0. The lowest BCUT2D eigenvalue weighted by Gasteiger charge is -2.41.